The van der Waals surface area contributed by atoms with Crippen LogP contribution >= 0.6 is 15.9 Å². The van der Waals surface area contributed by atoms with Crippen LogP contribution in [0.1, 0.15) is 32.6 Å². The van der Waals surface area contributed by atoms with Gasteiger partial charge < -0.3 is 10.2 Å². The van der Waals surface area contributed by atoms with Crippen molar-refractivity contribution in [2.45, 2.75) is 33.4 Å². The van der Waals surface area contributed by atoms with E-state index in [1.54, 1.807) is 15.5 Å². The maximum Gasteiger partial charge on any atom is 0.322 e. The molecule has 6 nitrogen and oxygen atoms in total. The molecule has 2 aromatic carbocycles. The van der Waals surface area contributed by atoms with Gasteiger partial charge in [0.1, 0.15) is 5.82 Å². The van der Waals surface area contributed by atoms with Crippen molar-refractivity contribution in [1.29, 1.82) is 0 Å². The Balaban J connectivity index is 1.99. The molecule has 0 radical (unpaired) electrons. The van der Waals surface area contributed by atoms with Crippen molar-refractivity contribution < 1.29 is 4.79 Å². The van der Waals surface area contributed by atoms with E-state index < -0.39 is 0 Å². The van der Waals surface area contributed by atoms with Gasteiger partial charge in [0.2, 0.25) is 0 Å². The Morgan fingerprint density at radius 2 is 1.86 bits per heavy atom. The first-order valence-corrected chi connectivity index (χ1v) is 10.1. The lowest BCUT2D eigenvalue weighted by molar-refractivity contribution is 0.192. The fraction of sp³-hybridized carbons (Fsp3) is 0.286. The number of amides is 2. The predicted octanol–water partition coefficient (Wildman–Crippen LogP) is 4.79. The number of carbonyl (C=O) groups is 1. The van der Waals surface area contributed by atoms with Crippen LogP contribution in [0.4, 0.5) is 10.5 Å². The van der Waals surface area contributed by atoms with Gasteiger partial charge in [-0.1, -0.05) is 24.3 Å². The molecule has 0 aliphatic rings. The minimum Gasteiger partial charge on any atom is -0.315 e. The highest BCUT2D eigenvalue weighted by atomic mass is 79.9. The van der Waals surface area contributed by atoms with E-state index in [0.29, 0.717) is 35.5 Å². The third kappa shape index (κ3) is 3.80. The molecule has 0 saturated carbocycles. The maximum absolute atomic E-state index is 12.9. The molecule has 0 bridgehead atoms. The standard InChI is InChI=1S/C21H23BrN4O2/c1-4-25(21(28)24-18-13-9-7-11-16(18)22)14(3)19-23-17-12-8-6-10-15(17)20(27)26(19)5-2/h6-14H,4-5H2,1-3H3,(H,24,28). The van der Waals surface area contributed by atoms with Crippen LogP contribution in [0.2, 0.25) is 0 Å². The number of halogens is 1. The summed E-state index contributed by atoms with van der Waals surface area (Å²) in [6, 6.07) is 14.1. The van der Waals surface area contributed by atoms with E-state index in [9.17, 15) is 9.59 Å². The van der Waals surface area contributed by atoms with Gasteiger partial charge >= 0.3 is 6.03 Å². The molecule has 0 aliphatic heterocycles. The van der Waals surface area contributed by atoms with Gasteiger partial charge in [0.25, 0.3) is 5.56 Å². The van der Waals surface area contributed by atoms with Crippen LogP contribution in [0.5, 0.6) is 0 Å². The van der Waals surface area contributed by atoms with Gasteiger partial charge in [-0.05, 0) is 61.0 Å². The van der Waals surface area contributed by atoms with E-state index in [1.165, 1.54) is 0 Å². The number of benzene rings is 2. The smallest absolute Gasteiger partial charge is 0.315 e. The highest BCUT2D eigenvalue weighted by Crippen LogP contribution is 2.24. The molecule has 0 aliphatic carbocycles. The molecule has 0 saturated heterocycles. The largest absolute Gasteiger partial charge is 0.322 e. The molecule has 146 valence electrons. The van der Waals surface area contributed by atoms with Crippen molar-refractivity contribution in [2.24, 2.45) is 0 Å². The molecule has 0 fully saturated rings. The highest BCUT2D eigenvalue weighted by molar-refractivity contribution is 9.10. The lowest BCUT2D eigenvalue weighted by atomic mass is 10.2. The summed E-state index contributed by atoms with van der Waals surface area (Å²) in [5, 5.41) is 3.51. The van der Waals surface area contributed by atoms with Crippen LogP contribution in [0.3, 0.4) is 0 Å². The summed E-state index contributed by atoms with van der Waals surface area (Å²) in [6.07, 6.45) is 0. The summed E-state index contributed by atoms with van der Waals surface area (Å²) in [5.74, 6) is 0.579. The summed E-state index contributed by atoms with van der Waals surface area (Å²) < 4.78 is 2.45. The first-order chi connectivity index (χ1) is 13.5. The van der Waals surface area contributed by atoms with Crippen LogP contribution in [0.25, 0.3) is 10.9 Å². The second-order valence-corrected chi connectivity index (χ2v) is 7.26. The Hall–Kier alpha value is -2.67. The van der Waals surface area contributed by atoms with Crippen LogP contribution in [0.15, 0.2) is 57.8 Å². The number of fused-ring (bicyclic) bond motifs is 1. The van der Waals surface area contributed by atoms with E-state index in [4.69, 9.17) is 4.98 Å². The first-order valence-electron chi connectivity index (χ1n) is 9.29. The zero-order chi connectivity index (χ0) is 20.3. The van der Waals surface area contributed by atoms with E-state index in [2.05, 4.69) is 21.2 Å². The minimum absolute atomic E-state index is 0.0859. The Morgan fingerprint density at radius 1 is 1.18 bits per heavy atom. The second kappa shape index (κ2) is 8.56. The zero-order valence-corrected chi connectivity index (χ0v) is 17.7. The number of hydrogen-bond donors (Lipinski definition) is 1. The van der Waals surface area contributed by atoms with Crippen LogP contribution < -0.4 is 10.9 Å². The molecule has 2 amide bonds. The van der Waals surface area contributed by atoms with Gasteiger partial charge in [-0.2, -0.15) is 0 Å². The Labute approximate surface area is 172 Å². The molecule has 7 heteroatoms. The summed E-state index contributed by atoms with van der Waals surface area (Å²) in [5.41, 5.74) is 1.25. The fourth-order valence-electron chi connectivity index (χ4n) is 3.29. The van der Waals surface area contributed by atoms with Crippen molar-refractivity contribution in [3.05, 3.63) is 69.2 Å². The maximum atomic E-state index is 12.9. The third-order valence-electron chi connectivity index (χ3n) is 4.77. The second-order valence-electron chi connectivity index (χ2n) is 6.41. The molecule has 1 unspecified atom stereocenters. The molecule has 1 atom stereocenters. The number of nitrogens with zero attached hydrogens (tertiary/aromatic N) is 3. The van der Waals surface area contributed by atoms with Crippen molar-refractivity contribution in [2.75, 3.05) is 11.9 Å². The number of urea groups is 1. The lowest BCUT2D eigenvalue weighted by Gasteiger charge is -2.29. The predicted molar refractivity (Wildman–Crippen MR) is 116 cm³/mol. The molecule has 3 rings (SSSR count). The molecular weight excluding hydrogens is 420 g/mol. The summed E-state index contributed by atoms with van der Waals surface area (Å²) in [6.45, 7) is 6.67. The number of anilines is 1. The van der Waals surface area contributed by atoms with Crippen molar-refractivity contribution in [3.8, 4) is 0 Å². The van der Waals surface area contributed by atoms with Gasteiger partial charge in [-0.25, -0.2) is 9.78 Å². The average molecular weight is 443 g/mol. The van der Waals surface area contributed by atoms with Crippen molar-refractivity contribution in [1.82, 2.24) is 14.5 Å². The topological polar surface area (TPSA) is 67.2 Å². The van der Waals surface area contributed by atoms with Crippen molar-refractivity contribution in [3.63, 3.8) is 0 Å². The molecule has 3 aromatic rings. The van der Waals surface area contributed by atoms with Gasteiger partial charge in [0, 0.05) is 17.6 Å². The third-order valence-corrected chi connectivity index (χ3v) is 5.46. The van der Waals surface area contributed by atoms with Crippen LogP contribution in [-0.2, 0) is 6.54 Å². The van der Waals surface area contributed by atoms with Crippen molar-refractivity contribution >= 4 is 38.6 Å². The SMILES string of the molecule is CCN(C(=O)Nc1ccccc1Br)C(C)c1nc2ccccc2c(=O)n1CC. The molecule has 28 heavy (non-hydrogen) atoms. The zero-order valence-electron chi connectivity index (χ0n) is 16.1. The number of nitrogens with one attached hydrogen (secondary N) is 1. The van der Waals surface area contributed by atoms with E-state index in [1.807, 2.05) is 63.2 Å². The molecule has 1 N–H and O–H groups in total. The Kier molecular flexibility index (Phi) is 6.14. The number of para-hydroxylation sites is 2. The minimum atomic E-state index is -0.371. The average Bonchev–Trinajstić information content (AvgIpc) is 2.70. The molecule has 0 spiro atoms. The monoisotopic (exact) mass is 442 g/mol. The summed E-state index contributed by atoms with van der Waals surface area (Å²) in [7, 11) is 0. The highest BCUT2D eigenvalue weighted by Gasteiger charge is 2.25. The first kappa shape index (κ1) is 20.1. The van der Waals surface area contributed by atoms with E-state index in [-0.39, 0.29) is 17.6 Å². The molecule has 1 heterocycles. The van der Waals surface area contributed by atoms with Gasteiger partial charge in [0.05, 0.1) is 22.6 Å². The summed E-state index contributed by atoms with van der Waals surface area (Å²) >= 11 is 3.45. The van der Waals surface area contributed by atoms with Crippen LogP contribution in [0, 0.1) is 0 Å². The van der Waals surface area contributed by atoms with Gasteiger partial charge in [-0.3, -0.25) is 9.36 Å². The summed E-state index contributed by atoms with van der Waals surface area (Å²) in [4.78, 5) is 32.2. The fourth-order valence-corrected chi connectivity index (χ4v) is 3.68. The molecule has 1 aromatic heterocycles. The van der Waals surface area contributed by atoms with E-state index >= 15 is 0 Å². The van der Waals surface area contributed by atoms with E-state index in [0.717, 1.165) is 4.47 Å². The van der Waals surface area contributed by atoms with Gasteiger partial charge in [0.15, 0.2) is 0 Å². The number of hydrogen-bond acceptors (Lipinski definition) is 3. The normalized spacial score (nSPS) is 12.0. The number of aromatic nitrogens is 2. The number of carbonyl (C=O) groups excluding carboxylic acids is 1. The van der Waals surface area contributed by atoms with Gasteiger partial charge in [-0.15, -0.1) is 0 Å². The Morgan fingerprint density at radius 3 is 2.54 bits per heavy atom. The Bertz CT molecular complexity index is 1060. The molecular formula is C21H23BrN4O2. The van der Waals surface area contributed by atoms with Crippen LogP contribution in [-0.4, -0.2) is 27.0 Å². The quantitative estimate of drug-likeness (QED) is 0.617. The number of rotatable bonds is 5. The lowest BCUT2D eigenvalue weighted by Crippen LogP contribution is -2.40.